The van der Waals surface area contributed by atoms with E-state index in [0.29, 0.717) is 11.3 Å². The minimum Gasteiger partial charge on any atom is -0.378 e. The van der Waals surface area contributed by atoms with Crippen LogP contribution >= 0.6 is 11.8 Å². The van der Waals surface area contributed by atoms with Gasteiger partial charge < -0.3 is 10.2 Å². The van der Waals surface area contributed by atoms with Crippen molar-refractivity contribution < 1.29 is 0 Å². The smallest absolute Gasteiger partial charge is 0.151 e. The molecule has 1 aromatic rings. The zero-order valence-electron chi connectivity index (χ0n) is 10.8. The molecule has 0 amide bonds. The van der Waals surface area contributed by atoms with Crippen molar-refractivity contribution in [2.45, 2.75) is 31.1 Å². The van der Waals surface area contributed by atoms with Crippen molar-refractivity contribution in [1.29, 1.82) is 0 Å². The van der Waals surface area contributed by atoms with Crippen LogP contribution in [0.3, 0.4) is 0 Å². The summed E-state index contributed by atoms with van der Waals surface area (Å²) in [5.74, 6) is 2.32. The third-order valence-electron chi connectivity index (χ3n) is 3.16. The Hall–Kier alpha value is -0.900. The van der Waals surface area contributed by atoms with Gasteiger partial charge in [0.15, 0.2) is 5.82 Å². The topological polar surface area (TPSA) is 28.2 Å². The highest BCUT2D eigenvalue weighted by Crippen LogP contribution is 2.30. The molecule has 94 valence electrons. The van der Waals surface area contributed by atoms with Crippen LogP contribution in [-0.2, 0) is 0 Å². The number of aromatic nitrogens is 1. The molecule has 0 spiro atoms. The average Bonchev–Trinajstić information content (AvgIpc) is 2.32. The molecule has 1 aromatic heterocycles. The van der Waals surface area contributed by atoms with E-state index in [4.69, 9.17) is 0 Å². The van der Waals surface area contributed by atoms with E-state index < -0.39 is 0 Å². The summed E-state index contributed by atoms with van der Waals surface area (Å²) < 4.78 is 0. The van der Waals surface area contributed by atoms with Gasteiger partial charge in [-0.05, 0) is 30.7 Å². The highest BCUT2D eigenvalue weighted by molar-refractivity contribution is 8.00. The Kier molecular flexibility index (Phi) is 4.15. The quantitative estimate of drug-likeness (QED) is 0.894. The molecule has 17 heavy (non-hydrogen) atoms. The number of pyridine rings is 1. The summed E-state index contributed by atoms with van der Waals surface area (Å²) in [6.45, 7) is 2.31. The molecular formula is C13H21N3S. The number of rotatable bonds is 3. The first-order valence-corrected chi connectivity index (χ1v) is 7.24. The maximum absolute atomic E-state index is 4.43. The maximum Gasteiger partial charge on any atom is 0.151 e. The third-order valence-corrected chi connectivity index (χ3v) is 4.54. The zero-order chi connectivity index (χ0) is 12.3. The van der Waals surface area contributed by atoms with E-state index in [1.54, 1.807) is 0 Å². The van der Waals surface area contributed by atoms with Gasteiger partial charge in [-0.25, -0.2) is 4.98 Å². The Labute approximate surface area is 108 Å². The predicted molar refractivity (Wildman–Crippen MR) is 77.1 cm³/mol. The van der Waals surface area contributed by atoms with Crippen LogP contribution in [0.2, 0.25) is 0 Å². The molecule has 2 unspecified atom stereocenters. The van der Waals surface area contributed by atoms with Crippen molar-refractivity contribution in [2.24, 2.45) is 0 Å². The summed E-state index contributed by atoms with van der Waals surface area (Å²) in [4.78, 5) is 6.48. The van der Waals surface area contributed by atoms with E-state index >= 15 is 0 Å². The molecule has 3 nitrogen and oxygen atoms in total. The second kappa shape index (κ2) is 5.63. The number of hydrogen-bond donors (Lipinski definition) is 1. The van der Waals surface area contributed by atoms with Crippen molar-refractivity contribution in [3.8, 4) is 0 Å². The van der Waals surface area contributed by atoms with Gasteiger partial charge in [0.1, 0.15) is 0 Å². The van der Waals surface area contributed by atoms with Gasteiger partial charge in [0.25, 0.3) is 0 Å². The Bertz CT molecular complexity index is 367. The van der Waals surface area contributed by atoms with Crippen molar-refractivity contribution in [2.75, 3.05) is 30.1 Å². The lowest BCUT2D eigenvalue weighted by atomic mass is 10.1. The van der Waals surface area contributed by atoms with Crippen molar-refractivity contribution in [3.63, 3.8) is 0 Å². The van der Waals surface area contributed by atoms with Crippen LogP contribution in [0.25, 0.3) is 0 Å². The second-order valence-electron chi connectivity index (χ2n) is 4.74. The van der Waals surface area contributed by atoms with Gasteiger partial charge in [0.2, 0.25) is 0 Å². The van der Waals surface area contributed by atoms with Crippen LogP contribution in [0.1, 0.15) is 19.8 Å². The molecule has 0 saturated carbocycles. The first-order valence-electron chi connectivity index (χ1n) is 6.19. The zero-order valence-corrected chi connectivity index (χ0v) is 11.6. The van der Waals surface area contributed by atoms with Crippen molar-refractivity contribution >= 4 is 23.3 Å². The maximum atomic E-state index is 4.43. The van der Waals surface area contributed by atoms with Crippen LogP contribution in [0.5, 0.6) is 0 Å². The molecular weight excluding hydrogens is 230 g/mol. The molecule has 1 aliphatic heterocycles. The highest BCUT2D eigenvalue weighted by atomic mass is 32.2. The minimum absolute atomic E-state index is 0.566. The van der Waals surface area contributed by atoms with Gasteiger partial charge in [0.05, 0.1) is 5.69 Å². The summed E-state index contributed by atoms with van der Waals surface area (Å²) in [5, 5.41) is 4.34. The molecule has 2 heterocycles. The van der Waals surface area contributed by atoms with Crippen LogP contribution < -0.4 is 10.2 Å². The summed E-state index contributed by atoms with van der Waals surface area (Å²) in [5.41, 5.74) is 1.15. The van der Waals surface area contributed by atoms with Gasteiger partial charge in [-0.3, -0.25) is 0 Å². The molecule has 0 aliphatic carbocycles. The largest absolute Gasteiger partial charge is 0.378 e. The van der Waals surface area contributed by atoms with E-state index in [1.807, 2.05) is 26.4 Å². The normalized spacial score (nSPS) is 24.4. The Morgan fingerprint density at radius 1 is 1.47 bits per heavy atom. The van der Waals surface area contributed by atoms with Gasteiger partial charge >= 0.3 is 0 Å². The lowest BCUT2D eigenvalue weighted by Gasteiger charge is -2.31. The van der Waals surface area contributed by atoms with Crippen LogP contribution in [0.15, 0.2) is 18.3 Å². The SMILES string of the molecule is CC1SCCCC1Nc1cccnc1N(C)C. The van der Waals surface area contributed by atoms with Gasteiger partial charge in [-0.1, -0.05) is 6.92 Å². The van der Waals surface area contributed by atoms with E-state index in [-0.39, 0.29) is 0 Å². The first-order chi connectivity index (χ1) is 8.18. The molecule has 1 N–H and O–H groups in total. The number of nitrogens with one attached hydrogen (secondary N) is 1. The van der Waals surface area contributed by atoms with Crippen LogP contribution in [0, 0.1) is 0 Å². The standard InChI is InChI=1S/C13H21N3S/c1-10-11(7-5-9-17-10)15-12-6-4-8-14-13(12)16(2)3/h4,6,8,10-11,15H,5,7,9H2,1-3H3. The third kappa shape index (κ3) is 3.06. The fourth-order valence-electron chi connectivity index (χ4n) is 2.18. The van der Waals surface area contributed by atoms with Crippen LogP contribution in [0.4, 0.5) is 11.5 Å². The Morgan fingerprint density at radius 3 is 3.00 bits per heavy atom. The first kappa shape index (κ1) is 12.6. The van der Waals surface area contributed by atoms with E-state index in [2.05, 4.69) is 40.0 Å². The number of anilines is 2. The van der Waals surface area contributed by atoms with E-state index in [1.165, 1.54) is 18.6 Å². The molecule has 1 aliphatic rings. The average molecular weight is 251 g/mol. The molecule has 4 heteroatoms. The molecule has 1 fully saturated rings. The van der Waals surface area contributed by atoms with Crippen molar-refractivity contribution in [3.05, 3.63) is 18.3 Å². The summed E-state index contributed by atoms with van der Waals surface area (Å²) in [6.07, 6.45) is 4.42. The summed E-state index contributed by atoms with van der Waals surface area (Å²) >= 11 is 2.06. The number of hydrogen-bond acceptors (Lipinski definition) is 4. The molecule has 0 bridgehead atoms. The van der Waals surface area contributed by atoms with Crippen molar-refractivity contribution in [1.82, 2.24) is 4.98 Å². The summed E-state index contributed by atoms with van der Waals surface area (Å²) in [7, 11) is 4.07. The second-order valence-corrected chi connectivity index (χ2v) is 6.22. The fourth-order valence-corrected chi connectivity index (χ4v) is 3.32. The monoisotopic (exact) mass is 251 g/mol. The number of thioether (sulfide) groups is 1. The number of nitrogens with zero attached hydrogens (tertiary/aromatic N) is 2. The predicted octanol–water partition coefficient (Wildman–Crippen LogP) is 2.84. The molecule has 0 aromatic carbocycles. The Morgan fingerprint density at radius 2 is 2.29 bits per heavy atom. The van der Waals surface area contributed by atoms with E-state index in [9.17, 15) is 0 Å². The lowest BCUT2D eigenvalue weighted by molar-refractivity contribution is 0.617. The van der Waals surface area contributed by atoms with Gasteiger partial charge in [-0.15, -0.1) is 0 Å². The van der Waals surface area contributed by atoms with Gasteiger partial charge in [-0.2, -0.15) is 11.8 Å². The highest BCUT2D eigenvalue weighted by Gasteiger charge is 2.22. The molecule has 0 radical (unpaired) electrons. The van der Waals surface area contributed by atoms with E-state index in [0.717, 1.165) is 11.5 Å². The lowest BCUT2D eigenvalue weighted by Crippen LogP contribution is -2.33. The van der Waals surface area contributed by atoms with Crippen LogP contribution in [-0.4, -0.2) is 36.1 Å². The molecule has 2 rings (SSSR count). The fraction of sp³-hybridized carbons (Fsp3) is 0.615. The van der Waals surface area contributed by atoms with Gasteiger partial charge in [0, 0.05) is 31.6 Å². The summed E-state index contributed by atoms with van der Waals surface area (Å²) in [6, 6.07) is 4.68. The minimum atomic E-state index is 0.566. The Balaban J connectivity index is 2.12. The molecule has 1 saturated heterocycles. The molecule has 2 atom stereocenters.